The van der Waals surface area contributed by atoms with Gasteiger partial charge in [-0.05, 0) is 13.8 Å². The Labute approximate surface area is 117 Å². The van der Waals surface area contributed by atoms with Crippen LogP contribution in [0.15, 0.2) is 0 Å². The summed E-state index contributed by atoms with van der Waals surface area (Å²) in [6.45, 7) is 3.89. The van der Waals surface area contributed by atoms with Crippen LogP contribution in [-0.2, 0) is 14.3 Å². The number of methoxy groups -OCH3 is 1. The molecule has 20 heavy (non-hydrogen) atoms. The van der Waals surface area contributed by atoms with E-state index in [2.05, 4.69) is 15.4 Å². The zero-order valence-corrected chi connectivity index (χ0v) is 11.9. The van der Waals surface area contributed by atoms with Gasteiger partial charge in [0.15, 0.2) is 0 Å². The van der Waals surface area contributed by atoms with Crippen molar-refractivity contribution in [2.45, 2.75) is 38.5 Å². The predicted molar refractivity (Wildman–Crippen MR) is 69.8 cm³/mol. The molecule has 1 saturated heterocycles. The number of aliphatic hydroxyl groups is 1. The highest BCUT2D eigenvalue weighted by molar-refractivity contribution is 5.97. The maximum Gasteiger partial charge on any atom is 0.323 e. The Balaban J connectivity index is 2.68. The molecule has 0 aromatic rings. The van der Waals surface area contributed by atoms with E-state index in [0.29, 0.717) is 6.54 Å². The number of nitrogens with one attached hydrogen (secondary N) is 2. The van der Waals surface area contributed by atoms with Gasteiger partial charge in [0.1, 0.15) is 6.04 Å². The van der Waals surface area contributed by atoms with E-state index < -0.39 is 36.1 Å². The molecule has 3 N–H and O–H groups in total. The summed E-state index contributed by atoms with van der Waals surface area (Å²) in [6, 6.07) is -1.98. The number of likely N-dealkylation sites (tertiary alicyclic amines) is 1. The standard InChI is InChI=1S/C12H21N3O5/c1-4-13-12(19)14-10(17)7(2)15-6-8(16)5-9(15)11(18)20-3/h7-9,16H,4-6H2,1-3H3,(H2,13,14,17,19). The molecule has 3 amide bonds. The van der Waals surface area contributed by atoms with E-state index in [9.17, 15) is 19.5 Å². The molecule has 1 fully saturated rings. The summed E-state index contributed by atoms with van der Waals surface area (Å²) in [4.78, 5) is 36.4. The van der Waals surface area contributed by atoms with Crippen molar-refractivity contribution in [3.05, 3.63) is 0 Å². The third-order valence-corrected chi connectivity index (χ3v) is 3.24. The lowest BCUT2D eigenvalue weighted by Crippen LogP contribution is -2.52. The molecule has 0 radical (unpaired) electrons. The van der Waals surface area contributed by atoms with Crippen molar-refractivity contribution in [3.8, 4) is 0 Å². The van der Waals surface area contributed by atoms with E-state index in [-0.39, 0.29) is 13.0 Å². The Morgan fingerprint density at radius 3 is 2.65 bits per heavy atom. The monoisotopic (exact) mass is 287 g/mol. The van der Waals surface area contributed by atoms with Crippen LogP contribution < -0.4 is 10.6 Å². The normalized spacial score (nSPS) is 24.0. The molecule has 1 heterocycles. The Morgan fingerprint density at radius 1 is 1.45 bits per heavy atom. The molecule has 114 valence electrons. The fraction of sp³-hybridized carbons (Fsp3) is 0.750. The van der Waals surface area contributed by atoms with Gasteiger partial charge in [-0.15, -0.1) is 0 Å². The number of hydrogen-bond donors (Lipinski definition) is 3. The highest BCUT2D eigenvalue weighted by Crippen LogP contribution is 2.21. The first-order valence-corrected chi connectivity index (χ1v) is 6.51. The Kier molecular flexibility index (Phi) is 5.90. The van der Waals surface area contributed by atoms with Gasteiger partial charge in [-0.25, -0.2) is 4.79 Å². The smallest absolute Gasteiger partial charge is 0.323 e. The van der Waals surface area contributed by atoms with Gasteiger partial charge in [0.05, 0.1) is 19.3 Å². The summed E-state index contributed by atoms with van der Waals surface area (Å²) in [7, 11) is 1.25. The van der Waals surface area contributed by atoms with Crippen LogP contribution in [-0.4, -0.2) is 66.3 Å². The van der Waals surface area contributed by atoms with Crippen molar-refractivity contribution < 1.29 is 24.2 Å². The SMILES string of the molecule is CCNC(=O)NC(=O)C(C)N1CC(O)CC1C(=O)OC. The second-order valence-electron chi connectivity index (χ2n) is 4.65. The number of carbonyl (C=O) groups is 3. The van der Waals surface area contributed by atoms with E-state index in [1.807, 2.05) is 0 Å². The molecule has 1 aliphatic heterocycles. The molecule has 8 nitrogen and oxygen atoms in total. The van der Waals surface area contributed by atoms with E-state index in [1.165, 1.54) is 12.0 Å². The van der Waals surface area contributed by atoms with Crippen LogP contribution in [0.1, 0.15) is 20.3 Å². The van der Waals surface area contributed by atoms with Crippen molar-refractivity contribution in [3.63, 3.8) is 0 Å². The van der Waals surface area contributed by atoms with Crippen LogP contribution in [0.3, 0.4) is 0 Å². The quantitative estimate of drug-likeness (QED) is 0.562. The van der Waals surface area contributed by atoms with Crippen molar-refractivity contribution >= 4 is 17.9 Å². The fourth-order valence-electron chi connectivity index (χ4n) is 2.21. The lowest BCUT2D eigenvalue weighted by Gasteiger charge is -2.27. The third kappa shape index (κ3) is 3.91. The van der Waals surface area contributed by atoms with Gasteiger partial charge in [0, 0.05) is 19.5 Å². The molecule has 0 aliphatic carbocycles. The minimum Gasteiger partial charge on any atom is -0.468 e. The average Bonchev–Trinajstić information content (AvgIpc) is 2.79. The van der Waals surface area contributed by atoms with E-state index in [1.54, 1.807) is 13.8 Å². The highest BCUT2D eigenvalue weighted by Gasteiger charge is 2.41. The third-order valence-electron chi connectivity index (χ3n) is 3.24. The predicted octanol–water partition coefficient (Wildman–Crippen LogP) is -1.17. The van der Waals surface area contributed by atoms with E-state index in [4.69, 9.17) is 0 Å². The number of hydrogen-bond acceptors (Lipinski definition) is 6. The maximum atomic E-state index is 11.9. The lowest BCUT2D eigenvalue weighted by molar-refractivity contribution is -0.147. The number of urea groups is 1. The average molecular weight is 287 g/mol. The van der Waals surface area contributed by atoms with Crippen molar-refractivity contribution in [1.82, 2.24) is 15.5 Å². The minimum atomic E-state index is -0.723. The molecule has 3 unspecified atom stereocenters. The van der Waals surface area contributed by atoms with Crippen LogP contribution in [0.4, 0.5) is 4.79 Å². The number of rotatable bonds is 4. The number of esters is 1. The number of ether oxygens (including phenoxy) is 1. The summed E-state index contributed by atoms with van der Waals surface area (Å²) < 4.78 is 4.66. The molecule has 0 aromatic carbocycles. The topological polar surface area (TPSA) is 108 Å². The van der Waals surface area contributed by atoms with Gasteiger partial charge in [0.2, 0.25) is 5.91 Å². The van der Waals surface area contributed by atoms with E-state index >= 15 is 0 Å². The van der Waals surface area contributed by atoms with Gasteiger partial charge in [-0.2, -0.15) is 0 Å². The number of β-amino-alcohol motifs (C(OH)–C–C–N with tert-alkyl or cyclic N) is 1. The van der Waals surface area contributed by atoms with Crippen molar-refractivity contribution in [2.75, 3.05) is 20.2 Å². The van der Waals surface area contributed by atoms with Crippen molar-refractivity contribution in [1.29, 1.82) is 0 Å². The Hall–Kier alpha value is -1.67. The van der Waals surface area contributed by atoms with Crippen LogP contribution in [0.5, 0.6) is 0 Å². The summed E-state index contributed by atoms with van der Waals surface area (Å²) in [6.07, 6.45) is -0.482. The molecular weight excluding hydrogens is 266 g/mol. The van der Waals surface area contributed by atoms with Crippen LogP contribution >= 0.6 is 0 Å². The Morgan fingerprint density at radius 2 is 2.10 bits per heavy atom. The first-order valence-electron chi connectivity index (χ1n) is 6.51. The van der Waals surface area contributed by atoms with Gasteiger partial charge in [0.25, 0.3) is 0 Å². The Bertz CT molecular complexity index is 387. The van der Waals surface area contributed by atoms with Gasteiger partial charge < -0.3 is 15.2 Å². The second kappa shape index (κ2) is 7.20. The molecule has 1 rings (SSSR count). The number of aliphatic hydroxyl groups excluding tert-OH is 1. The summed E-state index contributed by atoms with van der Waals surface area (Å²) >= 11 is 0. The molecule has 1 aliphatic rings. The van der Waals surface area contributed by atoms with Crippen LogP contribution in [0, 0.1) is 0 Å². The molecule has 3 atom stereocenters. The first kappa shape index (κ1) is 16.4. The van der Waals surface area contributed by atoms with Crippen LogP contribution in [0.2, 0.25) is 0 Å². The minimum absolute atomic E-state index is 0.184. The summed E-state index contributed by atoms with van der Waals surface area (Å²) in [5.41, 5.74) is 0. The molecule has 0 bridgehead atoms. The number of nitrogens with zero attached hydrogens (tertiary/aromatic N) is 1. The summed E-state index contributed by atoms with van der Waals surface area (Å²) in [5, 5.41) is 14.3. The van der Waals surface area contributed by atoms with Gasteiger partial charge in [-0.1, -0.05) is 0 Å². The fourth-order valence-corrected chi connectivity index (χ4v) is 2.21. The molecule has 0 aromatic heterocycles. The van der Waals surface area contributed by atoms with Crippen molar-refractivity contribution in [2.24, 2.45) is 0 Å². The molecule has 8 heteroatoms. The number of amides is 3. The van der Waals surface area contributed by atoms with E-state index in [0.717, 1.165) is 0 Å². The molecule has 0 saturated carbocycles. The molecule has 0 spiro atoms. The highest BCUT2D eigenvalue weighted by atomic mass is 16.5. The number of imide groups is 1. The molecular formula is C12H21N3O5. The largest absolute Gasteiger partial charge is 0.468 e. The summed E-state index contributed by atoms with van der Waals surface area (Å²) in [5.74, 6) is -1.03. The van der Waals surface area contributed by atoms with Gasteiger partial charge in [-0.3, -0.25) is 19.8 Å². The maximum absolute atomic E-state index is 11.9. The first-order chi connectivity index (χ1) is 9.40. The zero-order chi connectivity index (χ0) is 15.3. The van der Waals surface area contributed by atoms with Crippen LogP contribution in [0.25, 0.3) is 0 Å². The lowest BCUT2D eigenvalue weighted by atomic mass is 10.2. The van der Waals surface area contributed by atoms with Gasteiger partial charge >= 0.3 is 12.0 Å². The number of carbonyl (C=O) groups excluding carboxylic acids is 3. The zero-order valence-electron chi connectivity index (χ0n) is 11.9. The second-order valence-corrected chi connectivity index (χ2v) is 4.65.